The Bertz CT molecular complexity index is 509. The highest BCUT2D eigenvalue weighted by Crippen LogP contribution is 2.24. The number of para-hydroxylation sites is 1. The number of sulfonamides is 1. The fraction of sp³-hybridized carbons (Fsp3) is 0.571. The fourth-order valence-electron chi connectivity index (χ4n) is 2.10. The lowest BCUT2D eigenvalue weighted by molar-refractivity contribution is 0.0250. The molecular weight excluding hydrogens is 278 g/mol. The third kappa shape index (κ3) is 4.77. The van der Waals surface area contributed by atoms with E-state index in [1.165, 1.54) is 0 Å². The average Bonchev–Trinajstić information content (AvgIpc) is 2.86. The lowest BCUT2D eigenvalue weighted by Crippen LogP contribution is -2.41. The first-order valence-corrected chi connectivity index (χ1v) is 8.44. The average molecular weight is 299 g/mol. The summed E-state index contributed by atoms with van der Waals surface area (Å²) >= 11 is 0. The van der Waals surface area contributed by atoms with Crippen LogP contribution >= 0.6 is 0 Å². The lowest BCUT2D eigenvalue weighted by Gasteiger charge is -2.23. The monoisotopic (exact) mass is 299 g/mol. The molecule has 0 amide bonds. The predicted molar refractivity (Wildman–Crippen MR) is 77.3 cm³/mol. The van der Waals surface area contributed by atoms with E-state index in [1.54, 1.807) is 12.1 Å². The van der Waals surface area contributed by atoms with Crippen LogP contribution in [0.25, 0.3) is 0 Å². The SMILES string of the molecule is CC1(CNS(=O)(=O)CCOc2ccccc2)CCCO1. The second-order valence-corrected chi connectivity index (χ2v) is 7.13. The summed E-state index contributed by atoms with van der Waals surface area (Å²) in [6.07, 6.45) is 1.87. The van der Waals surface area contributed by atoms with Gasteiger partial charge in [0.1, 0.15) is 12.4 Å². The van der Waals surface area contributed by atoms with Crippen LogP contribution < -0.4 is 9.46 Å². The van der Waals surface area contributed by atoms with Gasteiger partial charge >= 0.3 is 0 Å². The van der Waals surface area contributed by atoms with Crippen molar-refractivity contribution in [2.75, 3.05) is 25.5 Å². The first-order chi connectivity index (χ1) is 9.49. The quantitative estimate of drug-likeness (QED) is 0.830. The number of nitrogens with one attached hydrogen (secondary N) is 1. The van der Waals surface area contributed by atoms with Gasteiger partial charge in [0.2, 0.25) is 10.0 Å². The highest BCUT2D eigenvalue weighted by Gasteiger charge is 2.30. The molecule has 112 valence electrons. The van der Waals surface area contributed by atoms with Crippen molar-refractivity contribution in [1.29, 1.82) is 0 Å². The molecule has 0 radical (unpaired) electrons. The molecule has 1 aliphatic rings. The summed E-state index contributed by atoms with van der Waals surface area (Å²) in [5, 5.41) is 0. The van der Waals surface area contributed by atoms with E-state index in [4.69, 9.17) is 9.47 Å². The van der Waals surface area contributed by atoms with Crippen LogP contribution in [0, 0.1) is 0 Å². The van der Waals surface area contributed by atoms with E-state index in [0.717, 1.165) is 12.8 Å². The van der Waals surface area contributed by atoms with Crippen LogP contribution in [0.2, 0.25) is 0 Å². The van der Waals surface area contributed by atoms with Crippen molar-refractivity contribution < 1.29 is 17.9 Å². The number of hydrogen-bond acceptors (Lipinski definition) is 4. The van der Waals surface area contributed by atoms with Crippen LogP contribution in [-0.4, -0.2) is 39.5 Å². The summed E-state index contributed by atoms with van der Waals surface area (Å²) in [7, 11) is -3.33. The lowest BCUT2D eigenvalue weighted by atomic mass is 10.0. The largest absolute Gasteiger partial charge is 0.492 e. The maximum absolute atomic E-state index is 11.9. The number of hydrogen-bond donors (Lipinski definition) is 1. The predicted octanol–water partition coefficient (Wildman–Crippen LogP) is 1.55. The Morgan fingerprint density at radius 2 is 2.10 bits per heavy atom. The van der Waals surface area contributed by atoms with Crippen molar-refractivity contribution in [3.63, 3.8) is 0 Å². The van der Waals surface area contributed by atoms with Crippen molar-refractivity contribution >= 4 is 10.0 Å². The van der Waals surface area contributed by atoms with Crippen LogP contribution in [-0.2, 0) is 14.8 Å². The van der Waals surface area contributed by atoms with Gasteiger partial charge in [-0.1, -0.05) is 18.2 Å². The molecule has 0 bridgehead atoms. The van der Waals surface area contributed by atoms with Gasteiger partial charge in [-0.3, -0.25) is 0 Å². The summed E-state index contributed by atoms with van der Waals surface area (Å²) in [5.41, 5.74) is -0.368. The summed E-state index contributed by atoms with van der Waals surface area (Å²) in [6.45, 7) is 3.09. The third-order valence-corrected chi connectivity index (χ3v) is 4.62. The van der Waals surface area contributed by atoms with Gasteiger partial charge < -0.3 is 9.47 Å². The van der Waals surface area contributed by atoms with Crippen LogP contribution in [0.3, 0.4) is 0 Å². The Hall–Kier alpha value is -1.11. The third-order valence-electron chi connectivity index (χ3n) is 3.33. The van der Waals surface area contributed by atoms with Gasteiger partial charge in [-0.2, -0.15) is 0 Å². The maximum atomic E-state index is 11.9. The van der Waals surface area contributed by atoms with Crippen LogP contribution in [0.5, 0.6) is 5.75 Å². The van der Waals surface area contributed by atoms with Crippen molar-refractivity contribution in [2.45, 2.75) is 25.4 Å². The Morgan fingerprint density at radius 3 is 2.75 bits per heavy atom. The summed E-state index contributed by atoms with van der Waals surface area (Å²) < 4.78 is 37.3. The van der Waals surface area contributed by atoms with Crippen LogP contribution in [0.4, 0.5) is 0 Å². The van der Waals surface area contributed by atoms with Gasteiger partial charge in [-0.25, -0.2) is 13.1 Å². The van der Waals surface area contributed by atoms with E-state index in [0.29, 0.717) is 18.9 Å². The van der Waals surface area contributed by atoms with E-state index in [2.05, 4.69) is 4.72 Å². The minimum absolute atomic E-state index is 0.0576. The molecule has 2 rings (SSSR count). The van der Waals surface area contributed by atoms with E-state index in [9.17, 15) is 8.42 Å². The van der Waals surface area contributed by atoms with Crippen LogP contribution in [0.1, 0.15) is 19.8 Å². The molecule has 0 aliphatic carbocycles. The minimum Gasteiger partial charge on any atom is -0.492 e. The second-order valence-electron chi connectivity index (χ2n) is 5.20. The zero-order chi connectivity index (χ0) is 14.5. The van der Waals surface area contributed by atoms with Crippen molar-refractivity contribution in [3.8, 4) is 5.75 Å². The second kappa shape index (κ2) is 6.56. The molecule has 20 heavy (non-hydrogen) atoms. The topological polar surface area (TPSA) is 64.6 Å². The molecule has 0 spiro atoms. The number of rotatable bonds is 7. The van der Waals surface area contributed by atoms with E-state index < -0.39 is 10.0 Å². The number of ether oxygens (including phenoxy) is 2. The molecule has 1 aromatic carbocycles. The molecule has 0 saturated carbocycles. The number of benzene rings is 1. The summed E-state index contributed by atoms with van der Waals surface area (Å²) in [6, 6.07) is 9.18. The molecule has 5 nitrogen and oxygen atoms in total. The van der Waals surface area contributed by atoms with Gasteiger partial charge in [0.25, 0.3) is 0 Å². The molecule has 1 unspecified atom stereocenters. The first kappa shape index (κ1) is 15.3. The molecule has 1 fully saturated rings. The molecule has 0 aromatic heterocycles. The van der Waals surface area contributed by atoms with Gasteiger partial charge in [0.15, 0.2) is 0 Å². The van der Waals surface area contributed by atoms with Gasteiger partial charge in [0.05, 0.1) is 11.4 Å². The molecule has 1 aliphatic heterocycles. The van der Waals surface area contributed by atoms with E-state index in [-0.39, 0.29) is 18.0 Å². The Labute approximate surface area is 120 Å². The first-order valence-electron chi connectivity index (χ1n) is 6.78. The molecule has 1 atom stereocenters. The maximum Gasteiger partial charge on any atom is 0.215 e. The normalized spacial score (nSPS) is 22.9. The summed E-state index contributed by atoms with van der Waals surface area (Å²) in [5.74, 6) is 0.617. The highest BCUT2D eigenvalue weighted by atomic mass is 32.2. The van der Waals surface area contributed by atoms with E-state index in [1.807, 2.05) is 25.1 Å². The Balaban J connectivity index is 1.74. The van der Waals surface area contributed by atoms with Gasteiger partial charge in [-0.15, -0.1) is 0 Å². The van der Waals surface area contributed by atoms with Crippen molar-refractivity contribution in [3.05, 3.63) is 30.3 Å². The zero-order valence-corrected chi connectivity index (χ0v) is 12.5. The van der Waals surface area contributed by atoms with Gasteiger partial charge in [-0.05, 0) is 31.9 Å². The molecule has 1 N–H and O–H groups in total. The van der Waals surface area contributed by atoms with E-state index >= 15 is 0 Å². The highest BCUT2D eigenvalue weighted by molar-refractivity contribution is 7.89. The molecular formula is C14H21NO4S. The summed E-state index contributed by atoms with van der Waals surface area (Å²) in [4.78, 5) is 0. The fourth-order valence-corrected chi connectivity index (χ4v) is 3.07. The van der Waals surface area contributed by atoms with Crippen molar-refractivity contribution in [1.82, 2.24) is 4.72 Å². The molecule has 1 saturated heterocycles. The van der Waals surface area contributed by atoms with Crippen LogP contribution in [0.15, 0.2) is 30.3 Å². The zero-order valence-electron chi connectivity index (χ0n) is 11.7. The smallest absolute Gasteiger partial charge is 0.215 e. The Morgan fingerprint density at radius 1 is 1.35 bits per heavy atom. The Kier molecular flexibility index (Phi) is 5.01. The minimum atomic E-state index is -3.33. The molecule has 1 aromatic rings. The standard InChI is InChI=1S/C14H21NO4S/c1-14(8-5-9-19-14)12-15-20(16,17)11-10-18-13-6-3-2-4-7-13/h2-4,6-7,15H,5,8-12H2,1H3. The van der Waals surface area contributed by atoms with Crippen molar-refractivity contribution in [2.24, 2.45) is 0 Å². The molecule has 1 heterocycles. The van der Waals surface area contributed by atoms with Gasteiger partial charge in [0, 0.05) is 13.2 Å². The molecule has 6 heteroatoms.